The normalized spacial score (nSPS) is 10.3. The van der Waals surface area contributed by atoms with Gasteiger partial charge in [-0.15, -0.1) is 5.10 Å². The number of hydrogen-bond donors (Lipinski definition) is 1. The molecular formula is C9H15N3O3. The van der Waals surface area contributed by atoms with Crippen LogP contribution < -0.4 is 16.0 Å². The maximum atomic E-state index is 11.3. The van der Waals surface area contributed by atoms with Crippen LogP contribution in [0.15, 0.2) is 16.9 Å². The molecule has 2 N–H and O–H groups in total. The number of rotatable bonds is 6. The third-order valence-electron chi connectivity index (χ3n) is 1.76. The van der Waals surface area contributed by atoms with Crippen LogP contribution in [0.2, 0.25) is 0 Å². The third kappa shape index (κ3) is 3.69. The Labute approximate surface area is 87.6 Å². The molecule has 0 aliphatic heterocycles. The Bertz CT molecular complexity index is 351. The average molecular weight is 213 g/mol. The van der Waals surface area contributed by atoms with Gasteiger partial charge in [-0.05, 0) is 0 Å². The molecule has 0 fully saturated rings. The molecule has 1 heterocycles. The van der Waals surface area contributed by atoms with E-state index in [1.165, 1.54) is 23.9 Å². The molecule has 0 aliphatic carbocycles. The lowest BCUT2D eigenvalue weighted by molar-refractivity contribution is 0.129. The molecule has 1 rings (SSSR count). The van der Waals surface area contributed by atoms with Crippen molar-refractivity contribution in [3.63, 3.8) is 0 Å². The van der Waals surface area contributed by atoms with Crippen LogP contribution in [0.4, 0.5) is 0 Å². The molecule has 0 bridgehead atoms. The smallest absolute Gasteiger partial charge is 0.267 e. The van der Waals surface area contributed by atoms with Crippen molar-refractivity contribution >= 4 is 0 Å². The van der Waals surface area contributed by atoms with Crippen molar-refractivity contribution in [1.82, 2.24) is 9.78 Å². The summed E-state index contributed by atoms with van der Waals surface area (Å²) in [6, 6.07) is 2.94. The van der Waals surface area contributed by atoms with E-state index in [1.807, 2.05) is 0 Å². The number of hydrogen-bond acceptors (Lipinski definition) is 5. The molecule has 15 heavy (non-hydrogen) atoms. The minimum atomic E-state index is -0.174. The molecule has 6 heteroatoms. The molecule has 0 saturated heterocycles. The van der Waals surface area contributed by atoms with Crippen molar-refractivity contribution < 1.29 is 9.47 Å². The first-order valence-electron chi connectivity index (χ1n) is 4.68. The van der Waals surface area contributed by atoms with Gasteiger partial charge in [-0.25, -0.2) is 4.68 Å². The molecule has 84 valence electrons. The van der Waals surface area contributed by atoms with Crippen LogP contribution in [0, 0.1) is 0 Å². The fourth-order valence-corrected chi connectivity index (χ4v) is 1.04. The van der Waals surface area contributed by atoms with E-state index >= 15 is 0 Å². The quantitative estimate of drug-likeness (QED) is 0.627. The van der Waals surface area contributed by atoms with E-state index in [0.29, 0.717) is 32.2 Å². The van der Waals surface area contributed by atoms with Gasteiger partial charge in [0.1, 0.15) is 0 Å². The number of ether oxygens (including phenoxy) is 2. The Hall–Kier alpha value is -1.40. The molecule has 0 amide bonds. The van der Waals surface area contributed by atoms with Gasteiger partial charge in [0.25, 0.3) is 5.56 Å². The van der Waals surface area contributed by atoms with Crippen LogP contribution in [0.1, 0.15) is 0 Å². The lowest BCUT2D eigenvalue weighted by atomic mass is 10.5. The van der Waals surface area contributed by atoms with Crippen LogP contribution in [0.25, 0.3) is 0 Å². The topological polar surface area (TPSA) is 79.4 Å². The highest BCUT2D eigenvalue weighted by atomic mass is 16.5. The lowest BCUT2D eigenvalue weighted by Gasteiger charge is -2.06. The van der Waals surface area contributed by atoms with Crippen molar-refractivity contribution in [2.24, 2.45) is 5.73 Å². The van der Waals surface area contributed by atoms with Crippen molar-refractivity contribution in [2.45, 2.75) is 6.54 Å². The van der Waals surface area contributed by atoms with E-state index in [2.05, 4.69) is 5.10 Å². The largest absolute Gasteiger partial charge is 0.480 e. The van der Waals surface area contributed by atoms with E-state index in [9.17, 15) is 4.79 Å². The molecule has 0 aromatic carbocycles. The van der Waals surface area contributed by atoms with E-state index in [0.717, 1.165) is 0 Å². The maximum Gasteiger partial charge on any atom is 0.267 e. The van der Waals surface area contributed by atoms with E-state index in [-0.39, 0.29) is 5.56 Å². The molecule has 1 aromatic rings. The predicted molar refractivity (Wildman–Crippen MR) is 54.9 cm³/mol. The van der Waals surface area contributed by atoms with Gasteiger partial charge < -0.3 is 15.2 Å². The second-order valence-electron chi connectivity index (χ2n) is 2.84. The number of nitrogens with zero attached hydrogens (tertiary/aromatic N) is 2. The fourth-order valence-electron chi connectivity index (χ4n) is 1.04. The second kappa shape index (κ2) is 6.15. The molecule has 1 aromatic heterocycles. The summed E-state index contributed by atoms with van der Waals surface area (Å²) in [6.07, 6.45) is 0. The zero-order chi connectivity index (χ0) is 11.1. The highest BCUT2D eigenvalue weighted by molar-refractivity contribution is 5.05. The average Bonchev–Trinajstić information content (AvgIpc) is 2.26. The van der Waals surface area contributed by atoms with E-state index < -0.39 is 0 Å². The summed E-state index contributed by atoms with van der Waals surface area (Å²) >= 11 is 0. The van der Waals surface area contributed by atoms with Gasteiger partial charge in [-0.3, -0.25) is 4.79 Å². The Kier molecular flexibility index (Phi) is 4.79. The van der Waals surface area contributed by atoms with Gasteiger partial charge in [-0.1, -0.05) is 0 Å². The van der Waals surface area contributed by atoms with Gasteiger partial charge in [-0.2, -0.15) is 0 Å². The van der Waals surface area contributed by atoms with Crippen molar-refractivity contribution in [3.05, 3.63) is 22.5 Å². The van der Waals surface area contributed by atoms with Crippen molar-refractivity contribution in [2.75, 3.05) is 26.9 Å². The maximum absolute atomic E-state index is 11.3. The predicted octanol–water partition coefficient (Wildman–Crippen LogP) is -0.773. The molecule has 0 aliphatic rings. The number of nitrogens with two attached hydrogens (primary N) is 1. The molecular weight excluding hydrogens is 198 g/mol. The van der Waals surface area contributed by atoms with Crippen LogP contribution in [0.5, 0.6) is 5.88 Å². The minimum absolute atomic E-state index is 0.174. The molecule has 0 saturated carbocycles. The van der Waals surface area contributed by atoms with Gasteiger partial charge >= 0.3 is 0 Å². The molecule has 0 radical (unpaired) electrons. The van der Waals surface area contributed by atoms with E-state index in [1.54, 1.807) is 0 Å². The van der Waals surface area contributed by atoms with E-state index in [4.69, 9.17) is 15.2 Å². The zero-order valence-corrected chi connectivity index (χ0v) is 8.68. The molecule has 6 nitrogen and oxygen atoms in total. The summed E-state index contributed by atoms with van der Waals surface area (Å²) < 4.78 is 11.4. The third-order valence-corrected chi connectivity index (χ3v) is 1.76. The first-order chi connectivity index (χ1) is 7.27. The van der Waals surface area contributed by atoms with Gasteiger partial charge in [0.05, 0.1) is 26.9 Å². The summed E-state index contributed by atoms with van der Waals surface area (Å²) in [7, 11) is 1.50. The molecule has 0 atom stereocenters. The number of aromatic nitrogens is 2. The lowest BCUT2D eigenvalue weighted by Crippen LogP contribution is -2.25. The van der Waals surface area contributed by atoms with Crippen molar-refractivity contribution in [3.8, 4) is 5.88 Å². The Morgan fingerprint density at radius 1 is 1.47 bits per heavy atom. The Balaban J connectivity index is 2.55. The van der Waals surface area contributed by atoms with Gasteiger partial charge in [0.15, 0.2) is 0 Å². The first-order valence-corrected chi connectivity index (χ1v) is 4.68. The Morgan fingerprint density at radius 2 is 2.27 bits per heavy atom. The van der Waals surface area contributed by atoms with Crippen LogP contribution in [0.3, 0.4) is 0 Å². The summed E-state index contributed by atoms with van der Waals surface area (Å²) in [4.78, 5) is 11.3. The van der Waals surface area contributed by atoms with Crippen LogP contribution in [-0.2, 0) is 11.3 Å². The highest BCUT2D eigenvalue weighted by Gasteiger charge is 1.99. The van der Waals surface area contributed by atoms with Gasteiger partial charge in [0, 0.05) is 18.7 Å². The highest BCUT2D eigenvalue weighted by Crippen LogP contribution is 1.98. The summed E-state index contributed by atoms with van der Waals surface area (Å²) in [5.74, 6) is 0.411. The monoisotopic (exact) mass is 213 g/mol. The first kappa shape index (κ1) is 11.7. The zero-order valence-electron chi connectivity index (χ0n) is 8.68. The fraction of sp³-hybridized carbons (Fsp3) is 0.556. The minimum Gasteiger partial charge on any atom is -0.480 e. The van der Waals surface area contributed by atoms with Crippen molar-refractivity contribution in [1.29, 1.82) is 0 Å². The number of methoxy groups -OCH3 is 1. The summed E-state index contributed by atoms with van der Waals surface area (Å²) in [5.41, 5.74) is 5.08. The molecule has 0 unspecified atom stereocenters. The standard InChI is InChI=1S/C9H15N3O3/c1-14-8-2-3-9(13)12(11-8)5-7-15-6-4-10/h2-3H,4-7,10H2,1H3. The van der Waals surface area contributed by atoms with Gasteiger partial charge in [0.2, 0.25) is 5.88 Å². The molecule has 0 spiro atoms. The SMILES string of the molecule is COc1ccc(=O)n(CCOCCN)n1. The Morgan fingerprint density at radius 3 is 2.93 bits per heavy atom. The van der Waals surface area contributed by atoms with Crippen LogP contribution in [-0.4, -0.2) is 36.6 Å². The van der Waals surface area contributed by atoms with Crippen LogP contribution >= 0.6 is 0 Å². The summed E-state index contributed by atoms with van der Waals surface area (Å²) in [6.45, 7) is 1.77. The summed E-state index contributed by atoms with van der Waals surface area (Å²) in [5, 5.41) is 3.96. The second-order valence-corrected chi connectivity index (χ2v) is 2.84.